The first-order chi connectivity index (χ1) is 9.18. The minimum atomic E-state index is -4.83. The minimum absolute atomic E-state index is 0.166. The Bertz CT molecular complexity index is 693. The molecule has 0 saturated heterocycles. The van der Waals surface area contributed by atoms with Crippen molar-refractivity contribution in [2.24, 2.45) is 0 Å². The summed E-state index contributed by atoms with van der Waals surface area (Å²) in [6, 6.07) is 0.166. The fraction of sp³-hybridized carbons (Fsp3) is 0.250. The van der Waals surface area contributed by atoms with Gasteiger partial charge < -0.3 is 5.32 Å². The van der Waals surface area contributed by atoms with Crippen LogP contribution in [0.4, 0.5) is 32.0 Å². The van der Waals surface area contributed by atoms with E-state index in [0.717, 1.165) is 6.92 Å². The molecule has 2 rings (SSSR count). The van der Waals surface area contributed by atoms with Crippen LogP contribution in [0, 0.1) is 24.4 Å². The number of aromatic nitrogens is 1. The summed E-state index contributed by atoms with van der Waals surface area (Å²) in [4.78, 5) is 3.11. The van der Waals surface area contributed by atoms with Crippen molar-refractivity contribution in [1.29, 1.82) is 0 Å². The van der Waals surface area contributed by atoms with E-state index in [1.165, 1.54) is 7.05 Å². The highest BCUT2D eigenvalue weighted by Crippen LogP contribution is 2.38. The standard InChI is InChI=1S/C12H8F6N2/c1-4-9(19-2)7-8(15)5(13)3-6(14)10(7)20-11(4)12(16,17)18/h3H,1-2H3,(H,19,20). The second kappa shape index (κ2) is 4.53. The number of anilines is 1. The van der Waals surface area contributed by atoms with Crippen molar-refractivity contribution in [3.05, 3.63) is 34.8 Å². The fourth-order valence-electron chi connectivity index (χ4n) is 2.01. The van der Waals surface area contributed by atoms with Crippen LogP contribution in [-0.2, 0) is 6.18 Å². The third kappa shape index (κ3) is 2.04. The zero-order valence-corrected chi connectivity index (χ0v) is 10.3. The SMILES string of the molecule is CNc1c(C)c(C(F)(F)F)nc2c(F)cc(F)c(F)c12. The maximum absolute atomic E-state index is 13.7. The Morgan fingerprint density at radius 2 is 1.70 bits per heavy atom. The summed E-state index contributed by atoms with van der Waals surface area (Å²) >= 11 is 0. The first-order valence-electron chi connectivity index (χ1n) is 5.41. The molecule has 2 nitrogen and oxygen atoms in total. The van der Waals surface area contributed by atoms with Gasteiger partial charge in [-0.25, -0.2) is 18.2 Å². The summed E-state index contributed by atoms with van der Waals surface area (Å²) in [7, 11) is 1.23. The van der Waals surface area contributed by atoms with Crippen LogP contribution in [0.1, 0.15) is 11.3 Å². The van der Waals surface area contributed by atoms with E-state index in [1.54, 1.807) is 0 Å². The number of nitrogens with zero attached hydrogens (tertiary/aromatic N) is 1. The lowest BCUT2D eigenvalue weighted by molar-refractivity contribution is -0.141. The van der Waals surface area contributed by atoms with Crippen molar-refractivity contribution in [2.45, 2.75) is 13.1 Å². The Labute approximate surface area is 109 Å². The van der Waals surface area contributed by atoms with Crippen LogP contribution in [0.3, 0.4) is 0 Å². The molecule has 1 aromatic heterocycles. The van der Waals surface area contributed by atoms with Crippen LogP contribution < -0.4 is 5.32 Å². The van der Waals surface area contributed by atoms with E-state index in [4.69, 9.17) is 0 Å². The Hall–Kier alpha value is -1.99. The number of pyridine rings is 1. The maximum Gasteiger partial charge on any atom is 0.433 e. The third-order valence-corrected chi connectivity index (χ3v) is 2.87. The van der Waals surface area contributed by atoms with Gasteiger partial charge >= 0.3 is 6.18 Å². The maximum atomic E-state index is 13.7. The first kappa shape index (κ1) is 14.4. The highest BCUT2D eigenvalue weighted by Gasteiger charge is 2.37. The molecule has 1 N–H and O–H groups in total. The highest BCUT2D eigenvalue weighted by atomic mass is 19.4. The largest absolute Gasteiger partial charge is 0.433 e. The van der Waals surface area contributed by atoms with E-state index in [-0.39, 0.29) is 11.8 Å². The summed E-state index contributed by atoms with van der Waals surface area (Å²) < 4.78 is 79.0. The van der Waals surface area contributed by atoms with E-state index in [0.29, 0.717) is 0 Å². The van der Waals surface area contributed by atoms with E-state index >= 15 is 0 Å². The zero-order chi connectivity index (χ0) is 15.2. The monoisotopic (exact) mass is 294 g/mol. The predicted molar refractivity (Wildman–Crippen MR) is 60.9 cm³/mol. The molecule has 0 aliphatic heterocycles. The molecule has 2 aromatic rings. The number of alkyl halides is 3. The number of rotatable bonds is 1. The summed E-state index contributed by atoms with van der Waals surface area (Å²) in [6.45, 7) is 1.04. The molecule has 0 amide bonds. The van der Waals surface area contributed by atoms with Crippen LogP contribution in [0.15, 0.2) is 6.07 Å². The molecule has 0 aliphatic carbocycles. The molecule has 0 aliphatic rings. The molecule has 0 bridgehead atoms. The molecule has 0 unspecified atom stereocenters. The van der Waals surface area contributed by atoms with Gasteiger partial charge in [0.1, 0.15) is 11.2 Å². The second-order valence-corrected chi connectivity index (χ2v) is 4.09. The zero-order valence-electron chi connectivity index (χ0n) is 10.3. The molecule has 1 aromatic carbocycles. The smallest absolute Gasteiger partial charge is 0.387 e. The number of hydrogen-bond acceptors (Lipinski definition) is 2. The van der Waals surface area contributed by atoms with Gasteiger partial charge in [0.25, 0.3) is 0 Å². The van der Waals surface area contributed by atoms with E-state index < -0.39 is 45.8 Å². The summed E-state index contributed by atoms with van der Waals surface area (Å²) in [5.41, 5.74) is -3.00. The third-order valence-electron chi connectivity index (χ3n) is 2.87. The van der Waals surface area contributed by atoms with E-state index in [2.05, 4.69) is 10.3 Å². The molecule has 0 atom stereocenters. The molecule has 0 fully saturated rings. The van der Waals surface area contributed by atoms with Crippen molar-refractivity contribution in [3.63, 3.8) is 0 Å². The Morgan fingerprint density at radius 3 is 2.20 bits per heavy atom. The van der Waals surface area contributed by atoms with Crippen molar-refractivity contribution in [1.82, 2.24) is 4.98 Å². The average Bonchev–Trinajstić information content (AvgIpc) is 2.33. The normalized spacial score (nSPS) is 12.0. The van der Waals surface area contributed by atoms with Gasteiger partial charge in [0, 0.05) is 18.7 Å². The lowest BCUT2D eigenvalue weighted by Gasteiger charge is -2.16. The van der Waals surface area contributed by atoms with Gasteiger partial charge in [-0.15, -0.1) is 0 Å². The first-order valence-corrected chi connectivity index (χ1v) is 5.41. The molecule has 20 heavy (non-hydrogen) atoms. The van der Waals surface area contributed by atoms with Gasteiger partial charge in [0.2, 0.25) is 0 Å². The molecule has 0 saturated carbocycles. The number of nitrogens with one attached hydrogen (secondary N) is 1. The van der Waals surface area contributed by atoms with Gasteiger partial charge in [-0.2, -0.15) is 13.2 Å². The molecule has 108 valence electrons. The average molecular weight is 294 g/mol. The van der Waals surface area contributed by atoms with Crippen molar-refractivity contribution < 1.29 is 26.3 Å². The minimum Gasteiger partial charge on any atom is -0.387 e. The predicted octanol–water partition coefficient (Wildman–Crippen LogP) is 4.02. The van der Waals surface area contributed by atoms with Crippen LogP contribution in [-0.4, -0.2) is 12.0 Å². The highest BCUT2D eigenvalue weighted by molar-refractivity contribution is 5.94. The molecule has 1 heterocycles. The topological polar surface area (TPSA) is 24.9 Å². The van der Waals surface area contributed by atoms with Crippen molar-refractivity contribution in [2.75, 3.05) is 12.4 Å². The Kier molecular flexibility index (Phi) is 3.27. The van der Waals surface area contributed by atoms with Gasteiger partial charge in [-0.3, -0.25) is 0 Å². The number of fused-ring (bicyclic) bond motifs is 1. The Balaban J connectivity index is 3.04. The molecule has 0 radical (unpaired) electrons. The van der Waals surface area contributed by atoms with Crippen LogP contribution in [0.2, 0.25) is 0 Å². The lowest BCUT2D eigenvalue weighted by atomic mass is 10.1. The van der Waals surface area contributed by atoms with Crippen LogP contribution in [0.25, 0.3) is 10.9 Å². The number of benzene rings is 1. The Morgan fingerprint density at radius 1 is 1.10 bits per heavy atom. The number of halogens is 6. The van der Waals surface area contributed by atoms with Gasteiger partial charge in [-0.1, -0.05) is 0 Å². The van der Waals surface area contributed by atoms with Gasteiger partial charge in [0.05, 0.1) is 11.1 Å². The quantitative estimate of drug-likeness (QED) is 0.634. The van der Waals surface area contributed by atoms with Crippen molar-refractivity contribution >= 4 is 16.6 Å². The fourth-order valence-corrected chi connectivity index (χ4v) is 2.01. The molecular formula is C12H8F6N2. The molecule has 8 heteroatoms. The lowest BCUT2D eigenvalue weighted by Crippen LogP contribution is -2.14. The number of hydrogen-bond donors (Lipinski definition) is 1. The van der Waals surface area contributed by atoms with Crippen LogP contribution in [0.5, 0.6) is 0 Å². The summed E-state index contributed by atoms with van der Waals surface area (Å²) in [5.74, 6) is -4.30. The van der Waals surface area contributed by atoms with Crippen LogP contribution >= 0.6 is 0 Å². The van der Waals surface area contributed by atoms with E-state index in [1.807, 2.05) is 0 Å². The molecule has 0 spiro atoms. The van der Waals surface area contributed by atoms with Gasteiger partial charge in [0.15, 0.2) is 17.5 Å². The summed E-state index contributed by atoms with van der Waals surface area (Å²) in [6.07, 6.45) is -4.83. The van der Waals surface area contributed by atoms with E-state index in [9.17, 15) is 26.3 Å². The summed E-state index contributed by atoms with van der Waals surface area (Å²) in [5, 5.41) is 1.69. The van der Waals surface area contributed by atoms with Crippen molar-refractivity contribution in [3.8, 4) is 0 Å². The second-order valence-electron chi connectivity index (χ2n) is 4.09. The van der Waals surface area contributed by atoms with Gasteiger partial charge in [-0.05, 0) is 6.92 Å². The molecular weight excluding hydrogens is 286 g/mol.